The van der Waals surface area contributed by atoms with Crippen LogP contribution in [-0.4, -0.2) is 0 Å². The summed E-state index contributed by atoms with van der Waals surface area (Å²) in [5, 5.41) is 12.5. The van der Waals surface area contributed by atoms with Crippen LogP contribution < -0.4 is 38.9 Å². The highest BCUT2D eigenvalue weighted by molar-refractivity contribution is 7.99. The van der Waals surface area contributed by atoms with Crippen LogP contribution >= 0.6 is 57.1 Å². The molecule has 5 aromatic heterocycles. The highest BCUT2D eigenvalue weighted by Crippen LogP contribution is 2.59. The molecule has 0 unspecified atom stereocenters. The molecule has 146 heavy (non-hydrogen) atoms. The number of benzene rings is 22. The number of nitrogens with zero attached hydrogens (tertiary/aromatic N) is 6. The first kappa shape index (κ1) is 86.2. The minimum Gasteiger partial charge on any atom is -0.456 e. The molecule has 0 fully saturated rings. The normalized spacial score (nSPS) is 12.3. The number of thiophene rings is 4. The van der Waals surface area contributed by atoms with Gasteiger partial charge in [0.1, 0.15) is 11.2 Å². The summed E-state index contributed by atoms with van der Waals surface area (Å²) in [6.07, 6.45) is 0. The summed E-state index contributed by atoms with van der Waals surface area (Å²) >= 11 is 9.23. The van der Waals surface area contributed by atoms with Gasteiger partial charge in [-0.15, -0.1) is 45.3 Å². The molecule has 0 spiro atoms. The summed E-state index contributed by atoms with van der Waals surface area (Å²) in [6.45, 7) is 0. The van der Waals surface area contributed by atoms with Gasteiger partial charge in [0, 0.05) is 182 Å². The first-order valence-electron chi connectivity index (χ1n) is 48.8. The predicted octanol–water partition coefficient (Wildman–Crippen LogP) is 41.3. The van der Waals surface area contributed by atoms with Crippen molar-refractivity contribution in [1.29, 1.82) is 0 Å². The molecule has 0 N–H and O–H groups in total. The minimum atomic E-state index is 0.789. The number of hydrogen-bond acceptors (Lipinski definition) is 14. The van der Waals surface area contributed by atoms with Crippen LogP contribution in [-0.2, 0) is 0 Å². The van der Waals surface area contributed by atoms with E-state index < -0.39 is 0 Å². The van der Waals surface area contributed by atoms with E-state index in [4.69, 9.17) is 13.9 Å². The van der Waals surface area contributed by atoms with Gasteiger partial charge in [0.15, 0.2) is 23.0 Å². The van der Waals surface area contributed by atoms with Gasteiger partial charge in [-0.2, -0.15) is 0 Å². The lowest BCUT2D eigenvalue weighted by Crippen LogP contribution is -2.17. The second-order valence-electron chi connectivity index (χ2n) is 36.6. The zero-order valence-electron chi connectivity index (χ0n) is 78.4. The molecule has 0 amide bonds. The van der Waals surface area contributed by atoms with Gasteiger partial charge < -0.3 is 43.3 Å². The summed E-state index contributed by atoms with van der Waals surface area (Å²) < 4.78 is 30.1. The quantitative estimate of drug-likeness (QED) is 0.105. The summed E-state index contributed by atoms with van der Waals surface area (Å²) in [7, 11) is 0. The molecule has 9 nitrogen and oxygen atoms in total. The molecule has 14 heteroatoms. The van der Waals surface area contributed by atoms with Gasteiger partial charge in [0.05, 0.1) is 34.1 Å². The summed E-state index contributed by atoms with van der Waals surface area (Å²) in [4.78, 5) is 16.6. The molecule has 3 aliphatic rings. The number of anilines is 18. The lowest BCUT2D eigenvalue weighted by atomic mass is 10.0. The van der Waals surface area contributed by atoms with Gasteiger partial charge in [0.25, 0.3) is 0 Å². The molecule has 27 aromatic rings. The van der Waals surface area contributed by atoms with Gasteiger partial charge >= 0.3 is 0 Å². The molecule has 8 heterocycles. The van der Waals surface area contributed by atoms with Gasteiger partial charge in [0.2, 0.25) is 0 Å². The average Bonchev–Trinajstić information content (AvgIpc) is 1.16. The number of hydrogen-bond donors (Lipinski definition) is 0. The standard InChI is InChI=1S/C48H30N2O2S.C48H30N2OS2.C36H24N2S2/c1-2-11-31(12-3-1)32-13-10-14-33(27-32)49(34-23-26-44-40(28-34)37-15-4-7-18-43(37)51-44)35-22-25-42-46(29-35)52-45-19-8-6-17-41(45)50(42)36-21-24-39-38-16-5-9-20-47(38)53-48(39)30-36;1-2-11-31(12-3-1)32-13-10-14-33(27-32)49(34-23-26-47-40(28-34)38-16-5-9-20-46(38)52-47)35-22-25-42-44(29-35)51-43-18-7-6-17-41(43)50(42)36-21-24-39-37-15-4-8-19-45(37)53-48(39)30-36;1-3-11-25(12-4-1)37(26-13-5-2-6-14-26)27-20-22-32-36(24-27)40-34-18-10-8-16-31(34)38(32)28-19-21-30-29-15-7-9-17-33(29)39-35(30)23-28/h2*1-30H;1-24H. The molecule has 0 aliphatic carbocycles. The molecular formula is C132H84N6O3S5. The molecule has 3 aliphatic heterocycles. The smallest absolute Gasteiger partial charge is 0.153 e. The lowest BCUT2D eigenvalue weighted by Gasteiger charge is -2.34. The van der Waals surface area contributed by atoms with Crippen LogP contribution in [0.1, 0.15) is 0 Å². The van der Waals surface area contributed by atoms with Crippen molar-refractivity contribution in [3.05, 3.63) is 510 Å². The first-order valence-corrected chi connectivity index (χ1v) is 52.9. The molecule has 22 aromatic carbocycles. The Morgan fingerprint density at radius 1 is 0.164 bits per heavy atom. The fraction of sp³-hybridized carbons (Fsp3) is 0. The maximum atomic E-state index is 6.77. The number of ether oxygens (including phenoxy) is 2. The molecule has 0 atom stereocenters. The topological polar surface area (TPSA) is 51.0 Å². The minimum absolute atomic E-state index is 0.789. The fourth-order valence-electron chi connectivity index (χ4n) is 21.2. The number of furan rings is 1. The highest BCUT2D eigenvalue weighted by atomic mass is 32.2. The maximum Gasteiger partial charge on any atom is 0.153 e. The van der Waals surface area contributed by atoms with Crippen LogP contribution in [0.4, 0.5) is 102 Å². The molecule has 0 bridgehead atoms. The van der Waals surface area contributed by atoms with Crippen molar-refractivity contribution in [1.82, 2.24) is 0 Å². The fourth-order valence-corrected chi connectivity index (χ4v) is 26.8. The van der Waals surface area contributed by atoms with E-state index in [0.29, 0.717) is 0 Å². The van der Waals surface area contributed by atoms with Crippen molar-refractivity contribution in [2.24, 2.45) is 0 Å². The largest absolute Gasteiger partial charge is 0.456 e. The molecule has 0 saturated carbocycles. The van der Waals surface area contributed by atoms with E-state index in [1.165, 1.54) is 124 Å². The van der Waals surface area contributed by atoms with Crippen LogP contribution in [0.25, 0.3) is 125 Å². The van der Waals surface area contributed by atoms with E-state index in [1.54, 1.807) is 0 Å². The van der Waals surface area contributed by atoms with Crippen LogP contribution in [0.5, 0.6) is 23.0 Å². The Morgan fingerprint density at radius 3 is 0.979 bits per heavy atom. The summed E-state index contributed by atoms with van der Waals surface area (Å²) in [5.41, 5.74) is 25.9. The van der Waals surface area contributed by atoms with Crippen LogP contribution in [0.15, 0.2) is 524 Å². The molecule has 0 radical (unpaired) electrons. The lowest BCUT2D eigenvalue weighted by molar-refractivity contribution is 0.477. The summed E-state index contributed by atoms with van der Waals surface area (Å²) in [5.74, 6) is 3.25. The van der Waals surface area contributed by atoms with E-state index in [2.05, 4.69) is 515 Å². The monoisotopic (exact) mass is 1960 g/mol. The van der Waals surface area contributed by atoms with Crippen molar-refractivity contribution < 1.29 is 13.9 Å². The molecule has 0 saturated heterocycles. The van der Waals surface area contributed by atoms with Gasteiger partial charge in [-0.3, -0.25) is 0 Å². The third-order valence-electron chi connectivity index (χ3n) is 27.9. The van der Waals surface area contributed by atoms with Gasteiger partial charge in [-0.25, -0.2) is 0 Å². The van der Waals surface area contributed by atoms with E-state index >= 15 is 0 Å². The maximum absolute atomic E-state index is 6.77. The number of rotatable bonds is 14. The highest BCUT2D eigenvalue weighted by Gasteiger charge is 2.33. The number of fused-ring (bicyclic) bond motifs is 21. The predicted molar refractivity (Wildman–Crippen MR) is 621 cm³/mol. The Bertz CT molecular complexity index is 9330. The van der Waals surface area contributed by atoms with E-state index in [1.807, 2.05) is 81.4 Å². The Labute approximate surface area is 862 Å². The first-order chi connectivity index (χ1) is 72.3. The third kappa shape index (κ3) is 15.4. The summed E-state index contributed by atoms with van der Waals surface area (Å²) in [6, 6.07) is 182. The second-order valence-corrected chi connectivity index (χ2v) is 42.0. The van der Waals surface area contributed by atoms with Crippen molar-refractivity contribution in [3.8, 4) is 45.3 Å². The van der Waals surface area contributed by atoms with Crippen molar-refractivity contribution in [3.63, 3.8) is 0 Å². The Morgan fingerprint density at radius 2 is 0.479 bits per heavy atom. The zero-order chi connectivity index (χ0) is 96.2. The molecule has 690 valence electrons. The zero-order valence-corrected chi connectivity index (χ0v) is 82.5. The van der Waals surface area contributed by atoms with E-state index in [0.717, 1.165) is 136 Å². The van der Waals surface area contributed by atoms with Crippen molar-refractivity contribution >= 4 is 262 Å². The SMILES string of the molecule is c1ccc(-c2cccc(N(c3ccc4c(c3)Oc3ccccc3N4c3ccc4c(c3)sc3ccccc34)c3ccc4oc5ccccc5c4c3)c2)cc1.c1ccc(-c2cccc(N(c3ccc4c(c3)Oc3ccccc3N4c3ccc4c(c3)sc3ccccc34)c3ccc4sc5ccccc5c4c3)c2)cc1.c1ccc(N(c2ccccc2)c2ccc3c(c2)Sc2ccccc2N3c2ccc3c(c2)sc2ccccc23)cc1. The van der Waals surface area contributed by atoms with Crippen molar-refractivity contribution in [2.75, 3.05) is 29.4 Å². The van der Waals surface area contributed by atoms with Gasteiger partial charge in [-0.1, -0.05) is 279 Å². The van der Waals surface area contributed by atoms with E-state index in [9.17, 15) is 0 Å². The third-order valence-corrected chi connectivity index (χ3v) is 33.5. The average molecular weight is 1960 g/mol. The van der Waals surface area contributed by atoms with E-state index in [-0.39, 0.29) is 0 Å². The Kier molecular flexibility index (Phi) is 21.5. The second kappa shape index (κ2) is 36.4. The van der Waals surface area contributed by atoms with Crippen molar-refractivity contribution in [2.45, 2.75) is 9.79 Å². The molecule has 30 rings (SSSR count). The van der Waals surface area contributed by atoms with Crippen LogP contribution in [0, 0.1) is 0 Å². The Balaban J connectivity index is 0.000000107. The number of para-hydroxylation sites is 8. The molecular weight excluding hydrogens is 1880 g/mol. The Hall–Kier alpha value is -17.7. The van der Waals surface area contributed by atoms with Gasteiger partial charge in [-0.05, 0) is 253 Å². The van der Waals surface area contributed by atoms with Crippen LogP contribution in [0.3, 0.4) is 0 Å². The van der Waals surface area contributed by atoms with Crippen LogP contribution in [0.2, 0.25) is 0 Å².